The van der Waals surface area contributed by atoms with Gasteiger partial charge in [0.15, 0.2) is 11.5 Å². The Bertz CT molecular complexity index is 614. The molecule has 0 radical (unpaired) electrons. The van der Waals surface area contributed by atoms with Crippen molar-refractivity contribution in [3.63, 3.8) is 0 Å². The average molecular weight is 311 g/mol. The monoisotopic (exact) mass is 310 g/mol. The smallest absolute Gasteiger partial charge is 0.164 e. The molecule has 0 aliphatic heterocycles. The molecule has 0 bridgehead atoms. The van der Waals surface area contributed by atoms with Crippen molar-refractivity contribution in [3.05, 3.63) is 53.3 Å². The first-order chi connectivity index (χ1) is 10.1. The number of hydrogen-bond donors (Lipinski definition) is 0. The predicted molar refractivity (Wildman–Crippen MR) is 80.2 cm³/mol. The van der Waals surface area contributed by atoms with Gasteiger partial charge in [-0.15, -0.1) is 11.6 Å². The van der Waals surface area contributed by atoms with Gasteiger partial charge in [-0.1, -0.05) is 12.1 Å². The summed E-state index contributed by atoms with van der Waals surface area (Å²) >= 11 is 6.49. The molecule has 2 rings (SSSR count). The van der Waals surface area contributed by atoms with Crippen molar-refractivity contribution in [2.45, 2.75) is 5.38 Å². The molecular formula is C16H16ClFO3. The first-order valence-corrected chi connectivity index (χ1v) is 6.73. The van der Waals surface area contributed by atoms with Crippen LogP contribution >= 0.6 is 11.6 Å². The van der Waals surface area contributed by atoms with Gasteiger partial charge in [0.05, 0.1) is 26.7 Å². The zero-order valence-corrected chi connectivity index (χ0v) is 12.8. The van der Waals surface area contributed by atoms with Gasteiger partial charge >= 0.3 is 0 Å². The van der Waals surface area contributed by atoms with Crippen LogP contribution in [0.5, 0.6) is 17.2 Å². The number of benzene rings is 2. The minimum atomic E-state index is -0.486. The lowest BCUT2D eigenvalue weighted by atomic mass is 10.0. The molecule has 2 aromatic rings. The molecule has 0 aliphatic rings. The summed E-state index contributed by atoms with van der Waals surface area (Å²) in [6, 6.07) is 9.51. The van der Waals surface area contributed by atoms with Gasteiger partial charge in [0, 0.05) is 11.6 Å². The molecule has 0 aliphatic carbocycles. The van der Waals surface area contributed by atoms with Crippen LogP contribution in [-0.2, 0) is 0 Å². The van der Waals surface area contributed by atoms with E-state index in [0.29, 0.717) is 17.2 Å². The van der Waals surface area contributed by atoms with Crippen molar-refractivity contribution in [2.24, 2.45) is 0 Å². The Morgan fingerprint density at radius 3 is 1.90 bits per heavy atom. The Hall–Kier alpha value is -1.94. The lowest BCUT2D eigenvalue weighted by molar-refractivity contribution is 0.347. The van der Waals surface area contributed by atoms with Gasteiger partial charge in [0.1, 0.15) is 11.6 Å². The van der Waals surface area contributed by atoms with Crippen LogP contribution in [0, 0.1) is 5.82 Å². The van der Waals surface area contributed by atoms with E-state index >= 15 is 0 Å². The third-order valence-electron chi connectivity index (χ3n) is 3.17. The Labute approximate surface area is 128 Å². The molecule has 3 nitrogen and oxygen atoms in total. The number of hydrogen-bond acceptors (Lipinski definition) is 3. The molecular weight excluding hydrogens is 295 g/mol. The number of methoxy groups -OCH3 is 3. The number of alkyl halides is 1. The van der Waals surface area contributed by atoms with E-state index in [1.807, 2.05) is 0 Å². The zero-order chi connectivity index (χ0) is 15.4. The van der Waals surface area contributed by atoms with E-state index in [-0.39, 0.29) is 5.82 Å². The quantitative estimate of drug-likeness (QED) is 0.775. The molecule has 112 valence electrons. The fraction of sp³-hybridized carbons (Fsp3) is 0.250. The van der Waals surface area contributed by atoms with E-state index in [1.54, 1.807) is 45.6 Å². The molecule has 0 fully saturated rings. The lowest BCUT2D eigenvalue weighted by Crippen LogP contribution is -2.00. The molecule has 0 saturated heterocycles. The maximum absolute atomic E-state index is 13.0. The fourth-order valence-corrected chi connectivity index (χ4v) is 2.38. The maximum Gasteiger partial charge on any atom is 0.164 e. The highest BCUT2D eigenvalue weighted by molar-refractivity contribution is 6.22. The van der Waals surface area contributed by atoms with Crippen molar-refractivity contribution in [3.8, 4) is 17.2 Å². The van der Waals surface area contributed by atoms with Crippen molar-refractivity contribution in [1.82, 2.24) is 0 Å². The van der Waals surface area contributed by atoms with E-state index in [0.717, 1.165) is 11.1 Å². The van der Waals surface area contributed by atoms with Crippen LogP contribution in [0.4, 0.5) is 4.39 Å². The van der Waals surface area contributed by atoms with E-state index in [2.05, 4.69) is 0 Å². The largest absolute Gasteiger partial charge is 0.496 e. The Kier molecular flexibility index (Phi) is 4.91. The number of halogens is 2. The van der Waals surface area contributed by atoms with Gasteiger partial charge in [-0.25, -0.2) is 4.39 Å². The summed E-state index contributed by atoms with van der Waals surface area (Å²) in [5.74, 6) is 1.39. The van der Waals surface area contributed by atoms with Gasteiger partial charge in [-0.05, 0) is 23.8 Å². The van der Waals surface area contributed by atoms with Crippen LogP contribution in [-0.4, -0.2) is 21.3 Å². The molecule has 0 amide bonds. The highest BCUT2D eigenvalue weighted by atomic mass is 35.5. The maximum atomic E-state index is 13.0. The van der Waals surface area contributed by atoms with Crippen LogP contribution in [0.2, 0.25) is 0 Å². The summed E-state index contributed by atoms with van der Waals surface area (Å²) in [4.78, 5) is 0. The van der Waals surface area contributed by atoms with Crippen LogP contribution < -0.4 is 14.2 Å². The van der Waals surface area contributed by atoms with Crippen molar-refractivity contribution >= 4 is 11.6 Å². The minimum Gasteiger partial charge on any atom is -0.496 e. The summed E-state index contributed by atoms with van der Waals surface area (Å²) < 4.78 is 28.9. The normalized spacial score (nSPS) is 11.9. The summed E-state index contributed by atoms with van der Waals surface area (Å²) in [5, 5.41) is -0.486. The number of rotatable bonds is 5. The van der Waals surface area contributed by atoms with Gasteiger partial charge in [-0.2, -0.15) is 0 Å². The molecule has 0 spiro atoms. The Morgan fingerprint density at radius 1 is 0.857 bits per heavy atom. The Morgan fingerprint density at radius 2 is 1.38 bits per heavy atom. The standard InChI is InChI=1S/C16H16ClFO3/c1-19-13-9-15(21-3)14(20-2)8-12(13)16(17)10-4-6-11(18)7-5-10/h4-9,16H,1-3H3. The van der Waals surface area contributed by atoms with E-state index in [4.69, 9.17) is 25.8 Å². The van der Waals surface area contributed by atoms with Gasteiger partial charge in [0.2, 0.25) is 0 Å². The van der Waals surface area contributed by atoms with E-state index in [1.165, 1.54) is 12.1 Å². The molecule has 0 heterocycles. The van der Waals surface area contributed by atoms with Crippen LogP contribution in [0.3, 0.4) is 0 Å². The van der Waals surface area contributed by atoms with Crippen LogP contribution in [0.1, 0.15) is 16.5 Å². The highest BCUT2D eigenvalue weighted by Crippen LogP contribution is 2.41. The molecule has 0 aromatic heterocycles. The van der Waals surface area contributed by atoms with Gasteiger partial charge < -0.3 is 14.2 Å². The summed E-state index contributed by atoms with van der Waals surface area (Å²) in [6.45, 7) is 0. The van der Waals surface area contributed by atoms with Crippen molar-refractivity contribution in [1.29, 1.82) is 0 Å². The van der Waals surface area contributed by atoms with Crippen molar-refractivity contribution in [2.75, 3.05) is 21.3 Å². The lowest BCUT2D eigenvalue weighted by Gasteiger charge is -2.17. The third kappa shape index (κ3) is 3.22. The van der Waals surface area contributed by atoms with Gasteiger partial charge in [-0.3, -0.25) is 0 Å². The minimum absolute atomic E-state index is 0.304. The molecule has 0 N–H and O–H groups in total. The summed E-state index contributed by atoms with van der Waals surface area (Å²) in [6.07, 6.45) is 0. The second-order valence-electron chi connectivity index (χ2n) is 4.36. The average Bonchev–Trinajstić information content (AvgIpc) is 2.53. The predicted octanol–water partition coefficient (Wildman–Crippen LogP) is 4.18. The molecule has 1 atom stereocenters. The molecule has 5 heteroatoms. The summed E-state index contributed by atoms with van der Waals surface area (Å²) in [5.41, 5.74) is 1.49. The first kappa shape index (κ1) is 15.4. The van der Waals surface area contributed by atoms with E-state index < -0.39 is 5.38 Å². The second-order valence-corrected chi connectivity index (χ2v) is 4.80. The highest BCUT2D eigenvalue weighted by Gasteiger charge is 2.19. The number of ether oxygens (including phenoxy) is 3. The molecule has 0 saturated carbocycles. The summed E-state index contributed by atoms with van der Waals surface area (Å²) in [7, 11) is 4.66. The first-order valence-electron chi connectivity index (χ1n) is 6.30. The molecule has 2 aromatic carbocycles. The Balaban J connectivity index is 2.48. The SMILES string of the molecule is COc1cc(OC)c(C(Cl)c2ccc(F)cc2)cc1OC. The van der Waals surface area contributed by atoms with Gasteiger partial charge in [0.25, 0.3) is 0 Å². The fourth-order valence-electron chi connectivity index (χ4n) is 2.06. The molecule has 21 heavy (non-hydrogen) atoms. The van der Waals surface area contributed by atoms with E-state index in [9.17, 15) is 4.39 Å². The topological polar surface area (TPSA) is 27.7 Å². The van der Waals surface area contributed by atoms with Crippen LogP contribution in [0.25, 0.3) is 0 Å². The van der Waals surface area contributed by atoms with Crippen LogP contribution in [0.15, 0.2) is 36.4 Å². The molecule has 1 unspecified atom stereocenters. The van der Waals surface area contributed by atoms with Crippen molar-refractivity contribution < 1.29 is 18.6 Å². The zero-order valence-electron chi connectivity index (χ0n) is 12.0. The third-order valence-corrected chi connectivity index (χ3v) is 3.66. The second kappa shape index (κ2) is 6.68.